The van der Waals surface area contributed by atoms with Crippen molar-refractivity contribution in [2.75, 3.05) is 7.11 Å². The Morgan fingerprint density at radius 3 is 2.64 bits per heavy atom. The molecule has 0 spiro atoms. The maximum atomic E-state index is 11.3. The molecule has 0 saturated carbocycles. The van der Waals surface area contributed by atoms with Crippen molar-refractivity contribution in [1.29, 1.82) is 0 Å². The summed E-state index contributed by atoms with van der Waals surface area (Å²) in [5.74, 6) is -0.160. The van der Waals surface area contributed by atoms with E-state index in [1.165, 1.54) is 7.11 Å². The summed E-state index contributed by atoms with van der Waals surface area (Å²) in [7, 11) is 3.28. The van der Waals surface area contributed by atoms with E-state index < -0.39 is 0 Å². The first kappa shape index (κ1) is 10.7. The highest BCUT2D eigenvalue weighted by atomic mass is 16.6. The number of carbonyl (C=O) groups is 1. The third-order valence-electron chi connectivity index (χ3n) is 2.21. The molecule has 1 rings (SSSR count). The number of nitrogens with zero attached hydrogens (tertiary/aromatic N) is 2. The molecule has 0 aliphatic rings. The lowest BCUT2D eigenvalue weighted by atomic mass is 10.1. The van der Waals surface area contributed by atoms with E-state index in [9.17, 15) is 4.79 Å². The zero-order valence-corrected chi connectivity index (χ0v) is 8.92. The number of nitrogens with one attached hydrogen (secondary N) is 1. The minimum absolute atomic E-state index is 0.160. The first-order chi connectivity index (χ1) is 6.56. The quantitative estimate of drug-likeness (QED) is 0.707. The molecule has 0 aromatic carbocycles. The predicted molar refractivity (Wildman–Crippen MR) is 51.5 cm³/mol. The molecule has 1 aromatic rings. The molecule has 0 bridgehead atoms. The lowest BCUT2D eigenvalue weighted by Gasteiger charge is -2.02. The largest absolute Gasteiger partial charge is 0.277 e. The van der Waals surface area contributed by atoms with E-state index in [1.807, 2.05) is 20.9 Å². The summed E-state index contributed by atoms with van der Waals surface area (Å²) in [6, 6.07) is 0. The molecule has 1 aromatic heterocycles. The lowest BCUT2D eigenvalue weighted by molar-refractivity contribution is -0.130. The van der Waals surface area contributed by atoms with Crippen LogP contribution in [0.15, 0.2) is 0 Å². The molecular formula is C9H15N3O2. The van der Waals surface area contributed by atoms with Gasteiger partial charge in [0.1, 0.15) is 0 Å². The molecule has 1 N–H and O–H groups in total. The molecule has 5 nitrogen and oxygen atoms in total. The molecule has 0 saturated heterocycles. The standard InChI is InChI=1S/C9H15N3O2/c1-6-8(5-9(13)11-14-4)7(2)12(3)10-6/h5H2,1-4H3,(H,11,13). The topological polar surface area (TPSA) is 56.1 Å². The number of aryl methyl sites for hydroxylation is 2. The molecule has 0 aliphatic heterocycles. The summed E-state index contributed by atoms with van der Waals surface area (Å²) in [5.41, 5.74) is 5.14. The Balaban J connectivity index is 2.81. The highest BCUT2D eigenvalue weighted by Crippen LogP contribution is 2.12. The average molecular weight is 197 g/mol. The monoisotopic (exact) mass is 197 g/mol. The van der Waals surface area contributed by atoms with Crippen LogP contribution >= 0.6 is 0 Å². The molecule has 1 amide bonds. The summed E-state index contributed by atoms with van der Waals surface area (Å²) < 4.78 is 1.77. The second-order valence-electron chi connectivity index (χ2n) is 3.18. The number of rotatable bonds is 3. The third kappa shape index (κ3) is 2.11. The van der Waals surface area contributed by atoms with Gasteiger partial charge >= 0.3 is 0 Å². The molecule has 0 aliphatic carbocycles. The van der Waals surface area contributed by atoms with Crippen LogP contribution in [0.5, 0.6) is 0 Å². The second-order valence-corrected chi connectivity index (χ2v) is 3.18. The Morgan fingerprint density at radius 1 is 1.57 bits per heavy atom. The Labute approximate surface area is 83.0 Å². The van der Waals surface area contributed by atoms with Crippen molar-refractivity contribution in [2.24, 2.45) is 7.05 Å². The van der Waals surface area contributed by atoms with Gasteiger partial charge in [0.25, 0.3) is 0 Å². The van der Waals surface area contributed by atoms with Crippen LogP contribution in [0.3, 0.4) is 0 Å². The third-order valence-corrected chi connectivity index (χ3v) is 2.21. The van der Waals surface area contributed by atoms with Gasteiger partial charge in [-0.3, -0.25) is 14.3 Å². The van der Waals surface area contributed by atoms with Gasteiger partial charge in [-0.2, -0.15) is 5.10 Å². The van der Waals surface area contributed by atoms with Gasteiger partial charge in [0, 0.05) is 18.3 Å². The van der Waals surface area contributed by atoms with Gasteiger partial charge in [-0.1, -0.05) is 0 Å². The van der Waals surface area contributed by atoms with Crippen molar-refractivity contribution < 1.29 is 9.63 Å². The van der Waals surface area contributed by atoms with Crippen molar-refractivity contribution in [3.05, 3.63) is 17.0 Å². The number of hydrogen-bond acceptors (Lipinski definition) is 3. The molecule has 0 fully saturated rings. The fraction of sp³-hybridized carbons (Fsp3) is 0.556. The van der Waals surface area contributed by atoms with Crippen molar-refractivity contribution in [3.63, 3.8) is 0 Å². The van der Waals surface area contributed by atoms with Crippen LogP contribution < -0.4 is 5.48 Å². The first-order valence-corrected chi connectivity index (χ1v) is 4.37. The minimum atomic E-state index is -0.160. The van der Waals surface area contributed by atoms with Crippen molar-refractivity contribution in [1.82, 2.24) is 15.3 Å². The van der Waals surface area contributed by atoms with Gasteiger partial charge in [0.2, 0.25) is 5.91 Å². The Bertz CT molecular complexity index is 344. The summed E-state index contributed by atoms with van der Waals surface area (Å²) in [5, 5.41) is 4.22. The first-order valence-electron chi connectivity index (χ1n) is 4.37. The zero-order valence-electron chi connectivity index (χ0n) is 8.92. The Morgan fingerprint density at radius 2 is 2.21 bits per heavy atom. The number of hydroxylamine groups is 1. The second kappa shape index (κ2) is 4.23. The maximum absolute atomic E-state index is 11.3. The number of carbonyl (C=O) groups excluding carboxylic acids is 1. The van der Waals surface area contributed by atoms with Crippen LogP contribution in [-0.2, 0) is 23.1 Å². The highest BCUT2D eigenvalue weighted by Gasteiger charge is 2.12. The molecule has 14 heavy (non-hydrogen) atoms. The van der Waals surface area contributed by atoms with E-state index in [-0.39, 0.29) is 5.91 Å². The molecular weight excluding hydrogens is 182 g/mol. The SMILES string of the molecule is CONC(=O)Cc1c(C)nn(C)c1C. The summed E-state index contributed by atoms with van der Waals surface area (Å²) in [6.45, 7) is 3.83. The minimum Gasteiger partial charge on any atom is -0.277 e. The van der Waals surface area contributed by atoms with Crippen LogP contribution in [0.4, 0.5) is 0 Å². The molecule has 1 heterocycles. The fourth-order valence-electron chi connectivity index (χ4n) is 1.38. The van der Waals surface area contributed by atoms with Gasteiger partial charge in [-0.05, 0) is 13.8 Å². The van der Waals surface area contributed by atoms with Gasteiger partial charge in [0.05, 0.1) is 19.2 Å². The van der Waals surface area contributed by atoms with Gasteiger partial charge in [-0.15, -0.1) is 0 Å². The average Bonchev–Trinajstić information content (AvgIpc) is 2.33. The Kier molecular flexibility index (Phi) is 3.24. The van der Waals surface area contributed by atoms with Gasteiger partial charge in [-0.25, -0.2) is 5.48 Å². The van der Waals surface area contributed by atoms with Gasteiger partial charge < -0.3 is 0 Å². The number of aromatic nitrogens is 2. The van der Waals surface area contributed by atoms with Crippen molar-refractivity contribution in [3.8, 4) is 0 Å². The molecule has 0 unspecified atom stereocenters. The number of hydrogen-bond donors (Lipinski definition) is 1. The van der Waals surface area contributed by atoms with E-state index in [4.69, 9.17) is 0 Å². The normalized spacial score (nSPS) is 10.3. The summed E-state index contributed by atoms with van der Waals surface area (Å²) in [4.78, 5) is 15.8. The van der Waals surface area contributed by atoms with Gasteiger partial charge in [0.15, 0.2) is 0 Å². The van der Waals surface area contributed by atoms with E-state index in [2.05, 4.69) is 15.4 Å². The highest BCUT2D eigenvalue weighted by molar-refractivity contribution is 5.78. The van der Waals surface area contributed by atoms with Crippen LogP contribution in [0.2, 0.25) is 0 Å². The predicted octanol–water partition coefficient (Wildman–Crippen LogP) is 0.257. The van der Waals surface area contributed by atoms with Crippen LogP contribution in [0, 0.1) is 13.8 Å². The maximum Gasteiger partial charge on any atom is 0.248 e. The van der Waals surface area contributed by atoms with E-state index in [0.717, 1.165) is 17.0 Å². The lowest BCUT2D eigenvalue weighted by Crippen LogP contribution is -2.24. The molecule has 0 atom stereocenters. The van der Waals surface area contributed by atoms with Crippen LogP contribution in [0.1, 0.15) is 17.0 Å². The summed E-state index contributed by atoms with van der Waals surface area (Å²) >= 11 is 0. The molecule has 5 heteroatoms. The van der Waals surface area contributed by atoms with Crippen LogP contribution in [-0.4, -0.2) is 22.8 Å². The molecule has 78 valence electrons. The smallest absolute Gasteiger partial charge is 0.248 e. The van der Waals surface area contributed by atoms with E-state index >= 15 is 0 Å². The van der Waals surface area contributed by atoms with Crippen molar-refractivity contribution in [2.45, 2.75) is 20.3 Å². The Hall–Kier alpha value is -1.36. The summed E-state index contributed by atoms with van der Waals surface area (Å²) in [6.07, 6.45) is 0.305. The zero-order chi connectivity index (χ0) is 10.7. The van der Waals surface area contributed by atoms with Crippen LogP contribution in [0.25, 0.3) is 0 Å². The van der Waals surface area contributed by atoms with E-state index in [0.29, 0.717) is 6.42 Å². The van der Waals surface area contributed by atoms with E-state index in [1.54, 1.807) is 4.68 Å². The van der Waals surface area contributed by atoms with Crippen molar-refractivity contribution >= 4 is 5.91 Å². The number of amides is 1. The molecule has 0 radical (unpaired) electrons. The fourth-order valence-corrected chi connectivity index (χ4v) is 1.38.